The van der Waals surface area contributed by atoms with Crippen LogP contribution in [0.3, 0.4) is 0 Å². The van der Waals surface area contributed by atoms with Crippen LogP contribution in [-0.4, -0.2) is 27.1 Å². The van der Waals surface area contributed by atoms with Crippen molar-refractivity contribution in [3.05, 3.63) is 17.4 Å². The number of nitrogens with zero attached hydrogens (tertiary/aromatic N) is 2. The third-order valence-corrected chi connectivity index (χ3v) is 1.99. The van der Waals surface area contributed by atoms with Crippen LogP contribution < -0.4 is 5.32 Å². The number of nitrogens with one attached hydrogen (secondary N) is 1. The Hall–Kier alpha value is -1.36. The second-order valence-electron chi connectivity index (χ2n) is 3.05. The Kier molecular flexibility index (Phi) is 4.30. The Labute approximate surface area is 92.5 Å². The topological polar surface area (TPSA) is 75.1 Å². The molecule has 0 amide bonds. The standard InChI is InChI=1S/C9H12ClN3O2/c1-2-3-7(8(14)15)13-9-11-4-6(10)5-12-9/h4-5,7H,2-3H2,1H3,(H,14,15)(H,11,12,13). The van der Waals surface area contributed by atoms with E-state index in [4.69, 9.17) is 16.7 Å². The Bertz CT molecular complexity index is 329. The van der Waals surface area contributed by atoms with Gasteiger partial charge < -0.3 is 10.4 Å². The highest BCUT2D eigenvalue weighted by Gasteiger charge is 2.16. The predicted octanol–water partition coefficient (Wildman–Crippen LogP) is 1.80. The van der Waals surface area contributed by atoms with E-state index in [0.717, 1.165) is 6.42 Å². The van der Waals surface area contributed by atoms with Gasteiger partial charge in [-0.25, -0.2) is 14.8 Å². The van der Waals surface area contributed by atoms with Crippen LogP contribution in [0.25, 0.3) is 0 Å². The van der Waals surface area contributed by atoms with Crippen molar-refractivity contribution in [2.24, 2.45) is 0 Å². The first-order valence-corrected chi connectivity index (χ1v) is 4.98. The number of carbonyl (C=O) groups is 1. The summed E-state index contributed by atoms with van der Waals surface area (Å²) in [5.74, 6) is -0.629. The van der Waals surface area contributed by atoms with Crippen molar-refractivity contribution in [2.75, 3.05) is 5.32 Å². The molecule has 0 saturated carbocycles. The number of aliphatic carboxylic acids is 1. The fourth-order valence-electron chi connectivity index (χ4n) is 1.09. The molecule has 0 radical (unpaired) electrons. The Morgan fingerprint density at radius 3 is 2.67 bits per heavy atom. The molecular formula is C9H12ClN3O2. The lowest BCUT2D eigenvalue weighted by Gasteiger charge is -2.12. The van der Waals surface area contributed by atoms with Gasteiger partial charge in [-0.3, -0.25) is 0 Å². The smallest absolute Gasteiger partial charge is 0.326 e. The van der Waals surface area contributed by atoms with E-state index in [1.54, 1.807) is 0 Å². The van der Waals surface area contributed by atoms with E-state index in [0.29, 0.717) is 11.4 Å². The summed E-state index contributed by atoms with van der Waals surface area (Å²) in [6.45, 7) is 1.92. The fourth-order valence-corrected chi connectivity index (χ4v) is 1.19. The third-order valence-electron chi connectivity index (χ3n) is 1.80. The van der Waals surface area contributed by atoms with Crippen molar-refractivity contribution in [2.45, 2.75) is 25.8 Å². The van der Waals surface area contributed by atoms with Gasteiger partial charge >= 0.3 is 5.97 Å². The molecule has 15 heavy (non-hydrogen) atoms. The zero-order valence-corrected chi connectivity index (χ0v) is 9.03. The van der Waals surface area contributed by atoms with E-state index in [2.05, 4.69) is 15.3 Å². The predicted molar refractivity (Wildman–Crippen MR) is 57.0 cm³/mol. The number of carboxylic acid groups (broad SMARTS) is 1. The summed E-state index contributed by atoms with van der Waals surface area (Å²) >= 11 is 5.60. The summed E-state index contributed by atoms with van der Waals surface area (Å²) < 4.78 is 0. The molecule has 1 atom stereocenters. The van der Waals surface area contributed by atoms with Crippen LogP contribution in [0.5, 0.6) is 0 Å². The number of hydrogen-bond acceptors (Lipinski definition) is 4. The Morgan fingerprint density at radius 2 is 2.20 bits per heavy atom. The van der Waals surface area contributed by atoms with Gasteiger partial charge in [0.25, 0.3) is 0 Å². The van der Waals surface area contributed by atoms with Crippen molar-refractivity contribution < 1.29 is 9.90 Å². The van der Waals surface area contributed by atoms with Crippen LogP contribution >= 0.6 is 11.6 Å². The van der Waals surface area contributed by atoms with Crippen LogP contribution in [-0.2, 0) is 4.79 Å². The fraction of sp³-hybridized carbons (Fsp3) is 0.444. The summed E-state index contributed by atoms with van der Waals surface area (Å²) in [5, 5.41) is 12.0. The SMILES string of the molecule is CCCC(Nc1ncc(Cl)cn1)C(=O)O. The van der Waals surface area contributed by atoms with E-state index in [9.17, 15) is 4.79 Å². The highest BCUT2D eigenvalue weighted by atomic mass is 35.5. The summed E-state index contributed by atoms with van der Waals surface area (Å²) in [6.07, 6.45) is 4.14. The first-order valence-electron chi connectivity index (χ1n) is 4.60. The molecule has 2 N–H and O–H groups in total. The van der Waals surface area contributed by atoms with Gasteiger partial charge in [0.05, 0.1) is 17.4 Å². The van der Waals surface area contributed by atoms with Crippen LogP contribution in [0.4, 0.5) is 5.95 Å². The molecule has 0 aromatic carbocycles. The number of halogens is 1. The lowest BCUT2D eigenvalue weighted by molar-refractivity contribution is -0.138. The van der Waals surface area contributed by atoms with E-state index >= 15 is 0 Å². The first kappa shape index (κ1) is 11.7. The van der Waals surface area contributed by atoms with Crippen molar-refractivity contribution in [3.8, 4) is 0 Å². The zero-order valence-electron chi connectivity index (χ0n) is 8.27. The van der Waals surface area contributed by atoms with Crippen molar-refractivity contribution >= 4 is 23.5 Å². The molecule has 0 aliphatic rings. The first-order chi connectivity index (χ1) is 7.13. The minimum atomic E-state index is -0.907. The van der Waals surface area contributed by atoms with Gasteiger partial charge in [0.1, 0.15) is 6.04 Å². The molecule has 0 spiro atoms. The molecule has 0 aliphatic carbocycles. The molecule has 6 heteroatoms. The number of rotatable bonds is 5. The molecule has 0 saturated heterocycles. The number of anilines is 1. The van der Waals surface area contributed by atoms with E-state index in [1.165, 1.54) is 12.4 Å². The average molecular weight is 230 g/mol. The minimum absolute atomic E-state index is 0.278. The number of aromatic nitrogens is 2. The maximum Gasteiger partial charge on any atom is 0.326 e. The van der Waals surface area contributed by atoms with Crippen LogP contribution in [0.1, 0.15) is 19.8 Å². The summed E-state index contributed by atoms with van der Waals surface area (Å²) in [6, 6.07) is -0.656. The van der Waals surface area contributed by atoms with Gasteiger partial charge in [0.2, 0.25) is 5.95 Å². The van der Waals surface area contributed by atoms with Crippen LogP contribution in [0, 0.1) is 0 Å². The Morgan fingerprint density at radius 1 is 1.60 bits per heavy atom. The highest BCUT2D eigenvalue weighted by molar-refractivity contribution is 6.30. The van der Waals surface area contributed by atoms with E-state index in [-0.39, 0.29) is 5.95 Å². The van der Waals surface area contributed by atoms with Crippen molar-refractivity contribution in [1.29, 1.82) is 0 Å². The van der Waals surface area contributed by atoms with Crippen molar-refractivity contribution in [1.82, 2.24) is 9.97 Å². The average Bonchev–Trinajstić information content (AvgIpc) is 2.20. The number of carboxylic acids is 1. The number of hydrogen-bond donors (Lipinski definition) is 2. The summed E-state index contributed by atoms with van der Waals surface area (Å²) in [7, 11) is 0. The molecule has 0 aliphatic heterocycles. The molecule has 1 aromatic heterocycles. The molecule has 82 valence electrons. The van der Waals surface area contributed by atoms with Gasteiger partial charge in [-0.05, 0) is 6.42 Å². The zero-order chi connectivity index (χ0) is 11.3. The minimum Gasteiger partial charge on any atom is -0.480 e. The largest absolute Gasteiger partial charge is 0.480 e. The second-order valence-corrected chi connectivity index (χ2v) is 3.49. The normalized spacial score (nSPS) is 12.1. The quantitative estimate of drug-likeness (QED) is 0.805. The monoisotopic (exact) mass is 229 g/mol. The van der Waals surface area contributed by atoms with E-state index in [1.807, 2.05) is 6.92 Å². The molecule has 0 bridgehead atoms. The molecule has 0 fully saturated rings. The molecule has 1 aromatic rings. The van der Waals surface area contributed by atoms with Crippen LogP contribution in [0.15, 0.2) is 12.4 Å². The summed E-state index contributed by atoms with van der Waals surface area (Å²) in [5.41, 5.74) is 0. The second kappa shape index (κ2) is 5.50. The maximum atomic E-state index is 10.8. The Balaban J connectivity index is 2.65. The lowest BCUT2D eigenvalue weighted by atomic mass is 10.2. The molecule has 5 nitrogen and oxygen atoms in total. The molecular weight excluding hydrogens is 218 g/mol. The third kappa shape index (κ3) is 3.71. The molecule has 1 heterocycles. The van der Waals surface area contributed by atoms with E-state index < -0.39 is 12.0 Å². The van der Waals surface area contributed by atoms with Gasteiger partial charge in [0, 0.05) is 0 Å². The van der Waals surface area contributed by atoms with Gasteiger partial charge in [0.15, 0.2) is 0 Å². The highest BCUT2D eigenvalue weighted by Crippen LogP contribution is 2.08. The van der Waals surface area contributed by atoms with Gasteiger partial charge in [-0.1, -0.05) is 24.9 Å². The van der Waals surface area contributed by atoms with Crippen molar-refractivity contribution in [3.63, 3.8) is 0 Å². The van der Waals surface area contributed by atoms with Crippen LogP contribution in [0.2, 0.25) is 5.02 Å². The molecule has 1 rings (SSSR count). The molecule has 1 unspecified atom stereocenters. The van der Waals surface area contributed by atoms with Gasteiger partial charge in [-0.15, -0.1) is 0 Å². The summed E-state index contributed by atoms with van der Waals surface area (Å²) in [4.78, 5) is 18.5. The lowest BCUT2D eigenvalue weighted by Crippen LogP contribution is -2.29. The van der Waals surface area contributed by atoms with Gasteiger partial charge in [-0.2, -0.15) is 0 Å². The maximum absolute atomic E-state index is 10.8.